The third-order valence-electron chi connectivity index (χ3n) is 4.48. The number of anilines is 3. The first-order valence-electron chi connectivity index (χ1n) is 9.48. The minimum Gasteiger partial charge on any atom is -0.368 e. The van der Waals surface area contributed by atoms with E-state index in [4.69, 9.17) is 5.73 Å². The highest BCUT2D eigenvalue weighted by atomic mass is 19.1. The Balaban J connectivity index is 1.85. The number of halogens is 2. The number of hydrogen-bond donors (Lipinski definition) is 4. The summed E-state index contributed by atoms with van der Waals surface area (Å²) in [6.45, 7) is 2.99. The van der Waals surface area contributed by atoms with Gasteiger partial charge in [0.25, 0.3) is 11.8 Å². The molecule has 0 bridgehead atoms. The molecule has 0 aliphatic rings. The van der Waals surface area contributed by atoms with Gasteiger partial charge in [0.1, 0.15) is 17.2 Å². The van der Waals surface area contributed by atoms with Crippen molar-refractivity contribution in [3.8, 4) is 0 Å². The molecule has 0 saturated heterocycles. The van der Waals surface area contributed by atoms with Crippen LogP contribution in [0.3, 0.4) is 0 Å². The smallest absolute Gasteiger partial charge is 0.287 e. The number of nitrogen functional groups attached to an aromatic ring is 1. The Morgan fingerprint density at radius 1 is 1.15 bits per heavy atom. The van der Waals surface area contributed by atoms with Gasteiger partial charge in [-0.15, -0.1) is 5.10 Å². The molecule has 0 saturated carbocycles. The van der Waals surface area contributed by atoms with Crippen molar-refractivity contribution in [2.24, 2.45) is 0 Å². The second-order valence-electron chi connectivity index (χ2n) is 6.61. The minimum atomic E-state index is -1.19. The van der Waals surface area contributed by atoms with Gasteiger partial charge < -0.3 is 21.7 Å². The number of carbonyl (C=O) groups excluding carboxylic acids is 3. The second-order valence-corrected chi connectivity index (χ2v) is 6.61. The van der Waals surface area contributed by atoms with Crippen LogP contribution in [-0.2, 0) is 11.3 Å². The number of nitrogens with two attached hydrogens (primary N) is 1. The van der Waals surface area contributed by atoms with Crippen molar-refractivity contribution in [3.63, 3.8) is 0 Å². The van der Waals surface area contributed by atoms with Crippen LogP contribution in [0.25, 0.3) is 0 Å². The summed E-state index contributed by atoms with van der Waals surface area (Å²) in [5, 5.41) is 11.5. The van der Waals surface area contributed by atoms with Crippen LogP contribution in [0.5, 0.6) is 0 Å². The second kappa shape index (κ2) is 9.68. The molecule has 3 aromatic rings. The van der Waals surface area contributed by atoms with Crippen molar-refractivity contribution in [1.29, 1.82) is 0 Å². The molecule has 12 heteroatoms. The van der Waals surface area contributed by atoms with Crippen LogP contribution in [0.2, 0.25) is 0 Å². The van der Waals surface area contributed by atoms with Crippen LogP contribution >= 0.6 is 0 Å². The van der Waals surface area contributed by atoms with Crippen molar-refractivity contribution >= 4 is 35.3 Å². The molecule has 0 aliphatic heterocycles. The van der Waals surface area contributed by atoms with E-state index in [9.17, 15) is 23.2 Å². The monoisotopic (exact) mass is 455 g/mol. The standard InChI is InChI=1S/C21H19F2N7O3/c1-3-15(31)26-10-12-6-9-14(22)16(17(12)23)19(33)30-20(24)28-21(29-30)27-13-7-4-11(5-8-13)18(32)25-2/h3-9H,1,10H2,2H3,(H,25,32)(H,26,31)(H3,24,27,28,29). The maximum absolute atomic E-state index is 14.9. The highest BCUT2D eigenvalue weighted by molar-refractivity contribution is 5.97. The molecule has 1 heterocycles. The van der Waals surface area contributed by atoms with Crippen molar-refractivity contribution in [1.82, 2.24) is 25.4 Å². The number of rotatable bonds is 7. The molecule has 10 nitrogen and oxygen atoms in total. The molecule has 33 heavy (non-hydrogen) atoms. The Labute approximate surface area is 186 Å². The molecule has 3 rings (SSSR count). The molecule has 0 aliphatic carbocycles. The van der Waals surface area contributed by atoms with Gasteiger partial charge in [-0.3, -0.25) is 14.4 Å². The van der Waals surface area contributed by atoms with Gasteiger partial charge in [-0.25, -0.2) is 8.78 Å². The van der Waals surface area contributed by atoms with Crippen molar-refractivity contribution in [2.45, 2.75) is 6.54 Å². The van der Waals surface area contributed by atoms with Gasteiger partial charge in [-0.2, -0.15) is 9.67 Å². The van der Waals surface area contributed by atoms with Gasteiger partial charge in [0, 0.05) is 30.4 Å². The first-order chi connectivity index (χ1) is 15.7. The fourth-order valence-electron chi connectivity index (χ4n) is 2.79. The average molecular weight is 455 g/mol. The number of benzene rings is 2. The third kappa shape index (κ3) is 5.01. The first-order valence-corrected chi connectivity index (χ1v) is 9.48. The third-order valence-corrected chi connectivity index (χ3v) is 4.48. The molecular weight excluding hydrogens is 436 g/mol. The van der Waals surface area contributed by atoms with Crippen LogP contribution in [0.4, 0.5) is 26.4 Å². The Morgan fingerprint density at radius 2 is 1.85 bits per heavy atom. The summed E-state index contributed by atoms with van der Waals surface area (Å²) in [4.78, 5) is 39.6. The fourth-order valence-corrected chi connectivity index (χ4v) is 2.79. The molecule has 2 aromatic carbocycles. The Hall–Kier alpha value is -4.61. The highest BCUT2D eigenvalue weighted by Gasteiger charge is 2.25. The van der Waals surface area contributed by atoms with Crippen LogP contribution in [0, 0.1) is 11.6 Å². The predicted molar refractivity (Wildman–Crippen MR) is 116 cm³/mol. The number of amides is 2. The largest absolute Gasteiger partial charge is 0.368 e. The average Bonchev–Trinajstić information content (AvgIpc) is 3.18. The lowest BCUT2D eigenvalue weighted by atomic mass is 10.1. The predicted octanol–water partition coefficient (Wildman–Crippen LogP) is 1.73. The summed E-state index contributed by atoms with van der Waals surface area (Å²) < 4.78 is 29.7. The molecule has 0 spiro atoms. The molecule has 0 atom stereocenters. The lowest BCUT2D eigenvalue weighted by Gasteiger charge is -2.09. The number of nitrogens with one attached hydrogen (secondary N) is 3. The van der Waals surface area contributed by atoms with Crippen molar-refractivity contribution < 1.29 is 23.2 Å². The zero-order valence-electron chi connectivity index (χ0n) is 17.4. The van der Waals surface area contributed by atoms with E-state index in [1.165, 1.54) is 7.05 Å². The van der Waals surface area contributed by atoms with E-state index >= 15 is 0 Å². The molecule has 0 fully saturated rings. The van der Waals surface area contributed by atoms with Crippen LogP contribution in [0.15, 0.2) is 49.1 Å². The molecule has 170 valence electrons. The summed E-state index contributed by atoms with van der Waals surface area (Å²) in [5.74, 6) is -4.84. The van der Waals surface area contributed by atoms with E-state index in [1.54, 1.807) is 24.3 Å². The summed E-state index contributed by atoms with van der Waals surface area (Å²) in [5.41, 5.74) is 5.61. The molecule has 1 aromatic heterocycles. The SMILES string of the molecule is C=CC(=O)NCc1ccc(F)c(C(=O)n2nc(Nc3ccc(C(=O)NC)cc3)nc2N)c1F. The van der Waals surface area contributed by atoms with Crippen LogP contribution in [-0.4, -0.2) is 39.5 Å². The summed E-state index contributed by atoms with van der Waals surface area (Å²) >= 11 is 0. The lowest BCUT2D eigenvalue weighted by Crippen LogP contribution is -2.23. The minimum absolute atomic E-state index is 0.108. The topological polar surface area (TPSA) is 144 Å². The van der Waals surface area contributed by atoms with Crippen molar-refractivity contribution in [2.75, 3.05) is 18.1 Å². The Morgan fingerprint density at radius 3 is 2.48 bits per heavy atom. The highest BCUT2D eigenvalue weighted by Crippen LogP contribution is 2.21. The maximum atomic E-state index is 14.9. The van der Waals surface area contributed by atoms with Gasteiger partial charge in [-0.05, 0) is 36.4 Å². The number of nitrogens with zero attached hydrogens (tertiary/aromatic N) is 3. The number of hydrogen-bond acceptors (Lipinski definition) is 7. The Bertz CT molecular complexity index is 1240. The normalized spacial score (nSPS) is 10.4. The van der Waals surface area contributed by atoms with E-state index in [0.29, 0.717) is 15.9 Å². The molecular formula is C21H19F2N7O3. The summed E-state index contributed by atoms with van der Waals surface area (Å²) in [6.07, 6.45) is 0.990. The molecule has 2 amide bonds. The Kier molecular flexibility index (Phi) is 6.77. The maximum Gasteiger partial charge on any atom is 0.287 e. The molecule has 0 unspecified atom stereocenters. The van der Waals surface area contributed by atoms with Gasteiger partial charge in [0.15, 0.2) is 0 Å². The summed E-state index contributed by atoms with van der Waals surface area (Å²) in [7, 11) is 1.50. The van der Waals surface area contributed by atoms with Crippen molar-refractivity contribution in [3.05, 3.63) is 77.4 Å². The van der Waals surface area contributed by atoms with Gasteiger partial charge in [-0.1, -0.05) is 12.6 Å². The molecule has 0 radical (unpaired) electrons. The van der Waals surface area contributed by atoms with E-state index in [-0.39, 0.29) is 24.0 Å². The van der Waals surface area contributed by atoms with Gasteiger partial charge >= 0.3 is 0 Å². The first kappa shape index (κ1) is 23.1. The number of carbonyl (C=O) groups is 3. The lowest BCUT2D eigenvalue weighted by molar-refractivity contribution is -0.116. The van der Waals surface area contributed by atoms with E-state index in [1.807, 2.05) is 0 Å². The zero-order chi connectivity index (χ0) is 24.1. The van der Waals surface area contributed by atoms with Gasteiger partial charge in [0.2, 0.25) is 17.8 Å². The van der Waals surface area contributed by atoms with E-state index in [2.05, 4.69) is 32.6 Å². The quantitative estimate of drug-likeness (QED) is 0.397. The molecule has 5 N–H and O–H groups in total. The van der Waals surface area contributed by atoms with E-state index < -0.39 is 35.0 Å². The zero-order valence-corrected chi connectivity index (χ0v) is 17.4. The van der Waals surface area contributed by atoms with E-state index in [0.717, 1.165) is 18.2 Å². The van der Waals surface area contributed by atoms with Crippen LogP contribution < -0.4 is 21.7 Å². The fraction of sp³-hybridized carbons (Fsp3) is 0.0952. The van der Waals surface area contributed by atoms with Crippen LogP contribution in [0.1, 0.15) is 26.3 Å². The summed E-state index contributed by atoms with van der Waals surface area (Å²) in [6, 6.07) is 8.24. The van der Waals surface area contributed by atoms with Gasteiger partial charge in [0.05, 0.1) is 0 Å². The number of aromatic nitrogens is 3.